The summed E-state index contributed by atoms with van der Waals surface area (Å²) in [6.07, 6.45) is 1.72. The fourth-order valence-corrected chi connectivity index (χ4v) is 1.89. The highest BCUT2D eigenvalue weighted by molar-refractivity contribution is 5.92. The molecule has 0 radical (unpaired) electrons. The lowest BCUT2D eigenvalue weighted by atomic mass is 10.1. The molecule has 0 aliphatic carbocycles. The van der Waals surface area contributed by atoms with E-state index in [9.17, 15) is 9.18 Å². The molecule has 0 atom stereocenters. The zero-order valence-corrected chi connectivity index (χ0v) is 12.1. The van der Waals surface area contributed by atoms with Crippen molar-refractivity contribution in [3.8, 4) is 0 Å². The summed E-state index contributed by atoms with van der Waals surface area (Å²) in [6.45, 7) is 4.05. The van der Waals surface area contributed by atoms with E-state index in [2.05, 4.69) is 15.6 Å². The summed E-state index contributed by atoms with van der Waals surface area (Å²) >= 11 is 0. The lowest BCUT2D eigenvalue weighted by molar-refractivity contribution is -0.115. The summed E-state index contributed by atoms with van der Waals surface area (Å²) in [7, 11) is 0. The van der Waals surface area contributed by atoms with Crippen molar-refractivity contribution in [1.29, 1.82) is 0 Å². The molecule has 5 heteroatoms. The summed E-state index contributed by atoms with van der Waals surface area (Å²) < 4.78 is 13.0. The molecule has 2 N–H and O–H groups in total. The topological polar surface area (TPSA) is 54.0 Å². The number of nitrogens with zero attached hydrogens (tertiary/aromatic N) is 1. The zero-order valence-electron chi connectivity index (χ0n) is 12.1. The van der Waals surface area contributed by atoms with Crippen LogP contribution in [0.15, 0.2) is 42.6 Å². The fourth-order valence-electron chi connectivity index (χ4n) is 1.89. The van der Waals surface area contributed by atoms with E-state index in [0.29, 0.717) is 17.3 Å². The van der Waals surface area contributed by atoms with Crippen LogP contribution in [0.3, 0.4) is 0 Å². The maximum absolute atomic E-state index is 13.0. The Bertz CT molecular complexity index is 611. The van der Waals surface area contributed by atoms with Crippen LogP contribution in [0.2, 0.25) is 0 Å². The van der Waals surface area contributed by atoms with Gasteiger partial charge in [-0.2, -0.15) is 0 Å². The Hall–Kier alpha value is -2.43. The highest BCUT2D eigenvalue weighted by atomic mass is 19.1. The number of carbonyl (C=O) groups is 1. The van der Waals surface area contributed by atoms with Crippen molar-refractivity contribution < 1.29 is 9.18 Å². The van der Waals surface area contributed by atoms with Gasteiger partial charge in [0, 0.05) is 6.04 Å². The summed E-state index contributed by atoms with van der Waals surface area (Å²) in [5, 5.41) is 5.90. The summed E-state index contributed by atoms with van der Waals surface area (Å²) in [4.78, 5) is 16.1. The van der Waals surface area contributed by atoms with Crippen molar-refractivity contribution in [1.82, 2.24) is 4.98 Å². The average molecular weight is 287 g/mol. The van der Waals surface area contributed by atoms with Gasteiger partial charge in [-0.3, -0.25) is 4.79 Å². The number of hydrogen-bond donors (Lipinski definition) is 2. The molecule has 0 spiro atoms. The standard InChI is InChI=1S/C16H18FN3O/c1-11(2)19-15-7-6-14(10-18-15)20-16(21)9-12-4-3-5-13(17)8-12/h3-8,10-11H,9H2,1-2H3,(H,18,19)(H,20,21). The fraction of sp³-hybridized carbons (Fsp3) is 0.250. The van der Waals surface area contributed by atoms with Crippen LogP contribution in [0.25, 0.3) is 0 Å². The van der Waals surface area contributed by atoms with Gasteiger partial charge in [0.05, 0.1) is 18.3 Å². The van der Waals surface area contributed by atoms with Crippen molar-refractivity contribution in [2.75, 3.05) is 10.6 Å². The Morgan fingerprint density at radius 3 is 2.71 bits per heavy atom. The van der Waals surface area contributed by atoms with E-state index < -0.39 is 0 Å². The SMILES string of the molecule is CC(C)Nc1ccc(NC(=O)Cc2cccc(F)c2)cn1. The minimum atomic E-state index is -0.342. The number of benzene rings is 1. The van der Waals surface area contributed by atoms with Gasteiger partial charge >= 0.3 is 0 Å². The number of nitrogens with one attached hydrogen (secondary N) is 2. The first-order valence-electron chi connectivity index (χ1n) is 6.80. The predicted octanol–water partition coefficient (Wildman–Crippen LogP) is 3.22. The average Bonchev–Trinajstić information content (AvgIpc) is 2.40. The van der Waals surface area contributed by atoms with E-state index in [1.165, 1.54) is 12.1 Å². The third-order valence-electron chi connectivity index (χ3n) is 2.74. The molecule has 0 aliphatic rings. The van der Waals surface area contributed by atoms with Gasteiger partial charge in [-0.05, 0) is 43.7 Å². The summed E-state index contributed by atoms with van der Waals surface area (Å²) in [5.41, 5.74) is 1.25. The number of aromatic nitrogens is 1. The number of pyridine rings is 1. The molecule has 1 heterocycles. The molecule has 1 amide bonds. The Morgan fingerprint density at radius 1 is 1.29 bits per heavy atom. The maximum atomic E-state index is 13.0. The monoisotopic (exact) mass is 287 g/mol. The van der Waals surface area contributed by atoms with Crippen molar-refractivity contribution in [2.45, 2.75) is 26.3 Å². The second-order valence-electron chi connectivity index (χ2n) is 5.09. The van der Waals surface area contributed by atoms with Crippen molar-refractivity contribution in [3.63, 3.8) is 0 Å². The van der Waals surface area contributed by atoms with Crippen LogP contribution in [0.4, 0.5) is 15.9 Å². The number of amides is 1. The van der Waals surface area contributed by atoms with Crippen LogP contribution in [0.1, 0.15) is 19.4 Å². The molecule has 21 heavy (non-hydrogen) atoms. The molecule has 0 saturated carbocycles. The number of halogens is 1. The van der Waals surface area contributed by atoms with Gasteiger partial charge in [-0.15, -0.1) is 0 Å². The maximum Gasteiger partial charge on any atom is 0.228 e. The molecule has 2 aromatic rings. The van der Waals surface area contributed by atoms with Crippen molar-refractivity contribution >= 4 is 17.4 Å². The third-order valence-corrected chi connectivity index (χ3v) is 2.74. The molecule has 0 saturated heterocycles. The van der Waals surface area contributed by atoms with Crippen LogP contribution in [0, 0.1) is 5.82 Å². The highest BCUT2D eigenvalue weighted by Crippen LogP contribution is 2.11. The molecule has 0 unspecified atom stereocenters. The number of carbonyl (C=O) groups excluding carboxylic acids is 1. The number of rotatable bonds is 5. The van der Waals surface area contributed by atoms with Gasteiger partial charge in [0.25, 0.3) is 0 Å². The lowest BCUT2D eigenvalue weighted by Gasteiger charge is -2.10. The van der Waals surface area contributed by atoms with E-state index in [1.54, 1.807) is 30.5 Å². The summed E-state index contributed by atoms with van der Waals surface area (Å²) in [6, 6.07) is 9.90. The smallest absolute Gasteiger partial charge is 0.228 e. The Morgan fingerprint density at radius 2 is 2.10 bits per heavy atom. The third kappa shape index (κ3) is 4.87. The highest BCUT2D eigenvalue weighted by Gasteiger charge is 2.05. The molecule has 110 valence electrons. The van der Waals surface area contributed by atoms with Crippen LogP contribution in [-0.4, -0.2) is 16.9 Å². The molecular formula is C16H18FN3O. The van der Waals surface area contributed by atoms with Gasteiger partial charge < -0.3 is 10.6 Å². The second-order valence-corrected chi connectivity index (χ2v) is 5.09. The second kappa shape index (κ2) is 6.83. The van der Waals surface area contributed by atoms with Crippen LogP contribution >= 0.6 is 0 Å². The van der Waals surface area contributed by atoms with Crippen molar-refractivity contribution in [2.24, 2.45) is 0 Å². The molecule has 1 aromatic heterocycles. The van der Waals surface area contributed by atoms with Crippen molar-refractivity contribution in [3.05, 3.63) is 54.0 Å². The van der Waals surface area contributed by atoms with Crippen LogP contribution in [-0.2, 0) is 11.2 Å². The summed E-state index contributed by atoms with van der Waals surface area (Å²) in [5.74, 6) is 0.214. The molecule has 0 bridgehead atoms. The predicted molar refractivity (Wildman–Crippen MR) is 81.7 cm³/mol. The van der Waals surface area contributed by atoms with Gasteiger partial charge in [0.1, 0.15) is 11.6 Å². The minimum Gasteiger partial charge on any atom is -0.368 e. The first-order chi connectivity index (χ1) is 10.0. The van der Waals surface area contributed by atoms with E-state index >= 15 is 0 Å². The molecule has 4 nitrogen and oxygen atoms in total. The van der Waals surface area contributed by atoms with Gasteiger partial charge in [0.15, 0.2) is 0 Å². The number of hydrogen-bond acceptors (Lipinski definition) is 3. The molecule has 2 rings (SSSR count). The van der Waals surface area contributed by atoms with Gasteiger partial charge in [0.2, 0.25) is 5.91 Å². The first kappa shape index (κ1) is 15.0. The Kier molecular flexibility index (Phi) is 4.87. The zero-order chi connectivity index (χ0) is 15.2. The Balaban J connectivity index is 1.93. The molecular weight excluding hydrogens is 269 g/mol. The first-order valence-corrected chi connectivity index (χ1v) is 6.80. The van der Waals surface area contributed by atoms with E-state index in [4.69, 9.17) is 0 Å². The normalized spacial score (nSPS) is 10.5. The van der Waals surface area contributed by atoms with E-state index in [0.717, 1.165) is 5.82 Å². The lowest BCUT2D eigenvalue weighted by Crippen LogP contribution is -2.15. The minimum absolute atomic E-state index is 0.129. The van der Waals surface area contributed by atoms with Crippen LogP contribution < -0.4 is 10.6 Å². The van der Waals surface area contributed by atoms with Crippen LogP contribution in [0.5, 0.6) is 0 Å². The molecule has 0 aliphatic heterocycles. The number of anilines is 2. The van der Waals surface area contributed by atoms with E-state index in [-0.39, 0.29) is 18.1 Å². The van der Waals surface area contributed by atoms with Gasteiger partial charge in [-0.1, -0.05) is 12.1 Å². The van der Waals surface area contributed by atoms with E-state index in [1.807, 2.05) is 13.8 Å². The van der Waals surface area contributed by atoms with Gasteiger partial charge in [-0.25, -0.2) is 9.37 Å². The quantitative estimate of drug-likeness (QED) is 0.887. The molecule has 1 aromatic carbocycles. The largest absolute Gasteiger partial charge is 0.368 e. The molecule has 0 fully saturated rings. The Labute approximate surface area is 123 Å².